The molecule has 0 saturated carbocycles. The van der Waals surface area contributed by atoms with E-state index in [1.54, 1.807) is 31.2 Å². The largest absolute Gasteiger partial charge is 0.497 e. The van der Waals surface area contributed by atoms with Crippen LogP contribution in [0.15, 0.2) is 18.2 Å². The van der Waals surface area contributed by atoms with Crippen molar-refractivity contribution in [3.63, 3.8) is 0 Å². The van der Waals surface area contributed by atoms with Gasteiger partial charge in [-0.1, -0.05) is 0 Å². The molecule has 1 N–H and O–H groups in total. The van der Waals surface area contributed by atoms with E-state index in [1.165, 1.54) is 0 Å². The average Bonchev–Trinajstić information content (AvgIpc) is 2.34. The third-order valence-corrected chi connectivity index (χ3v) is 3.34. The van der Waals surface area contributed by atoms with E-state index in [1.807, 2.05) is 13.1 Å². The summed E-state index contributed by atoms with van der Waals surface area (Å²) in [5.41, 5.74) is 0.713. The Morgan fingerprint density at radius 3 is 2.76 bits per heavy atom. The molecule has 0 aliphatic carbocycles. The molecule has 0 bridgehead atoms. The maximum atomic E-state index is 12.1. The summed E-state index contributed by atoms with van der Waals surface area (Å²) in [4.78, 5) is 13.8. The molecule has 94 valence electrons. The van der Waals surface area contributed by atoms with Crippen molar-refractivity contribution in [2.24, 2.45) is 0 Å². The Balaban J connectivity index is 2.81. The van der Waals surface area contributed by atoms with E-state index in [0.29, 0.717) is 12.1 Å². The number of ether oxygens (including phenoxy) is 1. The molecule has 17 heavy (non-hydrogen) atoms. The highest BCUT2D eigenvalue weighted by molar-refractivity contribution is 14.1. The standard InChI is InChI=1S/C12H17IN2O2/c1-14-6-7-15(2)12(16)10-5-4-9(17-3)8-11(10)13/h4-5,8,14H,6-7H2,1-3H3. The minimum absolute atomic E-state index is 0.0345. The van der Waals surface area contributed by atoms with Crippen LogP contribution in [0.2, 0.25) is 0 Å². The van der Waals surface area contributed by atoms with E-state index < -0.39 is 0 Å². The zero-order chi connectivity index (χ0) is 12.8. The maximum absolute atomic E-state index is 12.1. The second-order valence-corrected chi connectivity index (χ2v) is 4.84. The van der Waals surface area contributed by atoms with E-state index in [4.69, 9.17) is 4.74 Å². The Hall–Kier alpha value is -0.820. The molecule has 0 heterocycles. The smallest absolute Gasteiger partial charge is 0.254 e. The van der Waals surface area contributed by atoms with E-state index in [0.717, 1.165) is 15.9 Å². The molecule has 1 rings (SSSR count). The summed E-state index contributed by atoms with van der Waals surface area (Å²) in [7, 11) is 5.29. The summed E-state index contributed by atoms with van der Waals surface area (Å²) in [5, 5.41) is 3.02. The first-order valence-electron chi connectivity index (χ1n) is 5.33. The summed E-state index contributed by atoms with van der Waals surface area (Å²) >= 11 is 2.15. The van der Waals surface area contributed by atoms with Crippen LogP contribution in [0.3, 0.4) is 0 Å². The molecule has 0 saturated heterocycles. The molecule has 5 heteroatoms. The minimum atomic E-state index is 0.0345. The Morgan fingerprint density at radius 2 is 2.24 bits per heavy atom. The van der Waals surface area contributed by atoms with Crippen LogP contribution in [-0.4, -0.2) is 45.1 Å². The van der Waals surface area contributed by atoms with E-state index in [9.17, 15) is 4.79 Å². The summed E-state index contributed by atoms with van der Waals surface area (Å²) < 4.78 is 6.02. The lowest BCUT2D eigenvalue weighted by Crippen LogP contribution is -2.33. The van der Waals surface area contributed by atoms with Crippen molar-refractivity contribution < 1.29 is 9.53 Å². The maximum Gasteiger partial charge on any atom is 0.254 e. The molecular weight excluding hydrogens is 331 g/mol. The molecular formula is C12H17IN2O2. The van der Waals surface area contributed by atoms with Crippen molar-refractivity contribution in [2.75, 3.05) is 34.3 Å². The molecule has 0 atom stereocenters. The highest BCUT2D eigenvalue weighted by Crippen LogP contribution is 2.20. The number of hydrogen-bond acceptors (Lipinski definition) is 3. The van der Waals surface area contributed by atoms with Crippen LogP contribution in [0, 0.1) is 3.57 Å². The van der Waals surface area contributed by atoms with Crippen LogP contribution in [0.25, 0.3) is 0 Å². The highest BCUT2D eigenvalue weighted by atomic mass is 127. The molecule has 0 spiro atoms. The Labute approximate surface area is 115 Å². The average molecular weight is 348 g/mol. The van der Waals surface area contributed by atoms with Crippen molar-refractivity contribution in [1.29, 1.82) is 0 Å². The van der Waals surface area contributed by atoms with Gasteiger partial charge in [-0.05, 0) is 47.8 Å². The number of rotatable bonds is 5. The molecule has 4 nitrogen and oxygen atoms in total. The zero-order valence-electron chi connectivity index (χ0n) is 10.3. The molecule has 0 unspecified atom stereocenters. The number of carbonyl (C=O) groups is 1. The number of halogens is 1. The molecule has 0 aliphatic heterocycles. The second kappa shape index (κ2) is 6.80. The van der Waals surface area contributed by atoms with Gasteiger partial charge in [-0.3, -0.25) is 4.79 Å². The van der Waals surface area contributed by atoms with Crippen molar-refractivity contribution in [3.8, 4) is 5.75 Å². The van der Waals surface area contributed by atoms with E-state index >= 15 is 0 Å². The SMILES string of the molecule is CNCCN(C)C(=O)c1ccc(OC)cc1I. The van der Waals surface area contributed by atoms with E-state index in [-0.39, 0.29) is 5.91 Å². The zero-order valence-corrected chi connectivity index (χ0v) is 12.4. The molecule has 0 aliphatic rings. The number of hydrogen-bond donors (Lipinski definition) is 1. The second-order valence-electron chi connectivity index (χ2n) is 3.68. The minimum Gasteiger partial charge on any atom is -0.497 e. The first-order valence-corrected chi connectivity index (χ1v) is 6.41. The van der Waals surface area contributed by atoms with Gasteiger partial charge in [-0.2, -0.15) is 0 Å². The first-order chi connectivity index (χ1) is 8.10. The van der Waals surface area contributed by atoms with Gasteiger partial charge in [-0.25, -0.2) is 0 Å². The van der Waals surface area contributed by atoms with Crippen LogP contribution in [0.4, 0.5) is 0 Å². The Kier molecular flexibility index (Phi) is 5.70. The fraction of sp³-hybridized carbons (Fsp3) is 0.417. The van der Waals surface area contributed by atoms with Gasteiger partial charge in [0.2, 0.25) is 0 Å². The fourth-order valence-corrected chi connectivity index (χ4v) is 2.10. The quantitative estimate of drug-likeness (QED) is 0.822. The van der Waals surface area contributed by atoms with Crippen LogP contribution in [-0.2, 0) is 0 Å². The molecule has 0 fully saturated rings. The van der Waals surface area contributed by atoms with Crippen LogP contribution in [0.1, 0.15) is 10.4 Å². The Bertz CT molecular complexity index is 396. The molecule has 0 radical (unpaired) electrons. The molecule has 1 aromatic carbocycles. The molecule has 1 aromatic rings. The van der Waals surface area contributed by atoms with Crippen LogP contribution < -0.4 is 10.1 Å². The van der Waals surface area contributed by atoms with Crippen molar-refractivity contribution in [1.82, 2.24) is 10.2 Å². The first kappa shape index (κ1) is 14.2. The number of carbonyl (C=O) groups excluding carboxylic acids is 1. The topological polar surface area (TPSA) is 41.6 Å². The predicted molar refractivity (Wildman–Crippen MR) is 76.6 cm³/mol. The fourth-order valence-electron chi connectivity index (χ4n) is 1.38. The normalized spacial score (nSPS) is 10.1. The Morgan fingerprint density at radius 1 is 1.53 bits per heavy atom. The van der Waals surface area contributed by atoms with Gasteiger partial charge in [0.15, 0.2) is 0 Å². The lowest BCUT2D eigenvalue weighted by molar-refractivity contribution is 0.0796. The molecule has 0 aromatic heterocycles. The van der Waals surface area contributed by atoms with Crippen molar-refractivity contribution in [3.05, 3.63) is 27.3 Å². The summed E-state index contributed by atoms with van der Waals surface area (Å²) in [6.07, 6.45) is 0. The lowest BCUT2D eigenvalue weighted by atomic mass is 10.2. The summed E-state index contributed by atoms with van der Waals surface area (Å²) in [5.74, 6) is 0.802. The van der Waals surface area contributed by atoms with Gasteiger partial charge in [0, 0.05) is 23.7 Å². The van der Waals surface area contributed by atoms with Gasteiger partial charge in [0.25, 0.3) is 5.91 Å². The number of likely N-dealkylation sites (N-methyl/N-ethyl adjacent to an activating group) is 2. The van der Waals surface area contributed by atoms with Crippen LogP contribution in [0.5, 0.6) is 5.75 Å². The third-order valence-electron chi connectivity index (χ3n) is 2.45. The molecule has 1 amide bonds. The van der Waals surface area contributed by atoms with Crippen molar-refractivity contribution >= 4 is 28.5 Å². The van der Waals surface area contributed by atoms with Crippen LogP contribution >= 0.6 is 22.6 Å². The summed E-state index contributed by atoms with van der Waals surface area (Å²) in [6.45, 7) is 1.48. The van der Waals surface area contributed by atoms with Gasteiger partial charge in [-0.15, -0.1) is 0 Å². The van der Waals surface area contributed by atoms with Gasteiger partial charge >= 0.3 is 0 Å². The number of methoxy groups -OCH3 is 1. The third kappa shape index (κ3) is 3.85. The monoisotopic (exact) mass is 348 g/mol. The van der Waals surface area contributed by atoms with Gasteiger partial charge in [0.1, 0.15) is 5.75 Å². The van der Waals surface area contributed by atoms with Gasteiger partial charge in [0.05, 0.1) is 12.7 Å². The highest BCUT2D eigenvalue weighted by Gasteiger charge is 2.14. The number of benzene rings is 1. The van der Waals surface area contributed by atoms with Crippen molar-refractivity contribution in [2.45, 2.75) is 0 Å². The summed E-state index contributed by atoms with van der Waals surface area (Å²) in [6, 6.07) is 5.47. The van der Waals surface area contributed by atoms with Gasteiger partial charge < -0.3 is 15.0 Å². The lowest BCUT2D eigenvalue weighted by Gasteiger charge is -2.18. The van der Waals surface area contributed by atoms with E-state index in [2.05, 4.69) is 27.9 Å². The number of nitrogens with one attached hydrogen (secondary N) is 1. The number of amides is 1. The number of nitrogens with zero attached hydrogens (tertiary/aromatic N) is 1. The predicted octanol–water partition coefficient (Wildman–Crippen LogP) is 1.59.